The summed E-state index contributed by atoms with van der Waals surface area (Å²) in [6.45, 7) is 0.408. The number of hydrogen-bond donors (Lipinski definition) is 0. The van der Waals surface area contributed by atoms with Crippen molar-refractivity contribution in [2.75, 3.05) is 21.3 Å². The Morgan fingerprint density at radius 1 is 1.00 bits per heavy atom. The molecule has 1 heterocycles. The van der Waals surface area contributed by atoms with Crippen molar-refractivity contribution in [2.45, 2.75) is 19.1 Å². The maximum Gasteiger partial charge on any atom is 0.339 e. The number of carbonyl (C=O) groups excluding carboxylic acids is 2. The van der Waals surface area contributed by atoms with Gasteiger partial charge in [-0.3, -0.25) is 4.79 Å². The number of carbonyl (C=O) groups is 2. The first-order valence-corrected chi connectivity index (χ1v) is 10.4. The first kappa shape index (κ1) is 21.4. The number of rotatable bonds is 6. The highest BCUT2D eigenvalue weighted by atomic mass is 16.5. The number of ether oxygens (including phenoxy) is 3. The molecule has 0 fully saturated rings. The highest BCUT2D eigenvalue weighted by Crippen LogP contribution is 2.32. The summed E-state index contributed by atoms with van der Waals surface area (Å²) < 4.78 is 16.2. The quantitative estimate of drug-likeness (QED) is 0.540. The summed E-state index contributed by atoms with van der Waals surface area (Å²) in [7, 11) is 4.91. The Bertz CT molecular complexity index is 1140. The number of esters is 1. The van der Waals surface area contributed by atoms with Crippen molar-refractivity contribution in [3.63, 3.8) is 0 Å². The van der Waals surface area contributed by atoms with E-state index in [1.807, 2.05) is 48.5 Å². The molecule has 1 aliphatic heterocycles. The number of amides is 1. The van der Waals surface area contributed by atoms with E-state index in [1.54, 1.807) is 44.4 Å². The van der Waals surface area contributed by atoms with Crippen LogP contribution in [0.5, 0.6) is 11.5 Å². The van der Waals surface area contributed by atoms with Crippen LogP contribution in [0.4, 0.5) is 0 Å². The van der Waals surface area contributed by atoms with E-state index in [0.717, 1.165) is 16.7 Å². The zero-order valence-electron chi connectivity index (χ0n) is 18.3. The van der Waals surface area contributed by atoms with Crippen molar-refractivity contribution >= 4 is 11.9 Å². The summed E-state index contributed by atoms with van der Waals surface area (Å²) in [4.78, 5) is 27.2. The lowest BCUT2D eigenvalue weighted by atomic mass is 9.93. The molecule has 1 aliphatic rings. The second-order valence-corrected chi connectivity index (χ2v) is 7.73. The average molecular weight is 431 g/mol. The van der Waals surface area contributed by atoms with Gasteiger partial charge in [0.2, 0.25) is 0 Å². The molecule has 0 bridgehead atoms. The van der Waals surface area contributed by atoms with E-state index in [0.29, 0.717) is 35.6 Å². The number of cyclic esters (lactones) is 1. The lowest BCUT2D eigenvalue weighted by Crippen LogP contribution is -2.27. The Labute approximate surface area is 187 Å². The molecule has 164 valence electrons. The number of benzene rings is 3. The summed E-state index contributed by atoms with van der Waals surface area (Å²) >= 11 is 0. The Morgan fingerprint density at radius 3 is 2.47 bits per heavy atom. The van der Waals surface area contributed by atoms with Crippen LogP contribution in [0.3, 0.4) is 0 Å². The van der Waals surface area contributed by atoms with Gasteiger partial charge in [-0.1, -0.05) is 36.4 Å². The highest BCUT2D eigenvalue weighted by Gasteiger charge is 2.28. The molecule has 1 amide bonds. The van der Waals surface area contributed by atoms with Crippen LogP contribution < -0.4 is 9.47 Å². The molecule has 0 spiro atoms. The highest BCUT2D eigenvalue weighted by molar-refractivity contribution is 5.97. The van der Waals surface area contributed by atoms with Crippen molar-refractivity contribution in [1.29, 1.82) is 0 Å². The maximum absolute atomic E-state index is 13.1. The molecule has 0 saturated heterocycles. The third-order valence-corrected chi connectivity index (χ3v) is 5.61. The zero-order valence-corrected chi connectivity index (χ0v) is 18.3. The number of hydrogen-bond acceptors (Lipinski definition) is 5. The maximum atomic E-state index is 13.1. The van der Waals surface area contributed by atoms with Gasteiger partial charge < -0.3 is 19.1 Å². The zero-order chi connectivity index (χ0) is 22.7. The molecule has 0 N–H and O–H groups in total. The van der Waals surface area contributed by atoms with Gasteiger partial charge in [-0.15, -0.1) is 0 Å². The van der Waals surface area contributed by atoms with Crippen molar-refractivity contribution in [3.8, 4) is 11.5 Å². The molecule has 32 heavy (non-hydrogen) atoms. The Kier molecular flexibility index (Phi) is 6.12. The average Bonchev–Trinajstić information content (AvgIpc) is 2.83. The standard InChI is InChI=1S/C26H25NO5/c1-27(16-17-9-12-22(30-2)24(13-17)31-3)25(28)19-10-11-21-20(14-19)15-23(32-26(21)29)18-7-5-4-6-8-18/h4-14,23H,15-16H2,1-3H3. The molecule has 1 unspecified atom stereocenters. The van der Waals surface area contributed by atoms with Crippen LogP contribution in [0.25, 0.3) is 0 Å². The van der Waals surface area contributed by atoms with Gasteiger partial charge in [0.1, 0.15) is 6.10 Å². The van der Waals surface area contributed by atoms with E-state index in [9.17, 15) is 9.59 Å². The third-order valence-electron chi connectivity index (χ3n) is 5.61. The summed E-state index contributed by atoms with van der Waals surface area (Å²) in [5.74, 6) is 0.764. The largest absolute Gasteiger partial charge is 0.493 e. The van der Waals surface area contributed by atoms with Gasteiger partial charge in [0.25, 0.3) is 5.91 Å². The van der Waals surface area contributed by atoms with Crippen LogP contribution in [0, 0.1) is 0 Å². The second kappa shape index (κ2) is 9.14. The van der Waals surface area contributed by atoms with Crippen LogP contribution in [-0.4, -0.2) is 38.0 Å². The van der Waals surface area contributed by atoms with Crippen LogP contribution >= 0.6 is 0 Å². The SMILES string of the molecule is COc1ccc(CN(C)C(=O)c2ccc3c(c2)CC(c2ccccc2)OC3=O)cc1OC. The lowest BCUT2D eigenvalue weighted by molar-refractivity contribution is 0.0252. The van der Waals surface area contributed by atoms with E-state index >= 15 is 0 Å². The molecule has 0 aliphatic carbocycles. The molecule has 0 radical (unpaired) electrons. The fraction of sp³-hybridized carbons (Fsp3) is 0.231. The minimum Gasteiger partial charge on any atom is -0.493 e. The fourth-order valence-corrected chi connectivity index (χ4v) is 3.93. The molecule has 4 rings (SSSR count). The number of fused-ring (bicyclic) bond motifs is 1. The van der Waals surface area contributed by atoms with Crippen LogP contribution in [0.15, 0.2) is 66.7 Å². The minimum absolute atomic E-state index is 0.127. The van der Waals surface area contributed by atoms with Crippen molar-refractivity contribution in [2.24, 2.45) is 0 Å². The summed E-state index contributed by atoms with van der Waals surface area (Å²) in [5, 5.41) is 0. The summed E-state index contributed by atoms with van der Waals surface area (Å²) in [6, 6.07) is 20.4. The van der Waals surface area contributed by atoms with Gasteiger partial charge in [0.15, 0.2) is 11.5 Å². The van der Waals surface area contributed by atoms with E-state index in [1.165, 1.54) is 0 Å². The van der Waals surface area contributed by atoms with Gasteiger partial charge in [-0.05, 0) is 47.0 Å². The Hall–Kier alpha value is -3.80. The van der Waals surface area contributed by atoms with E-state index in [4.69, 9.17) is 14.2 Å². The number of methoxy groups -OCH3 is 2. The molecule has 0 aromatic heterocycles. The molecule has 0 saturated carbocycles. The first-order chi connectivity index (χ1) is 15.5. The van der Waals surface area contributed by atoms with Gasteiger partial charge in [0.05, 0.1) is 19.8 Å². The van der Waals surface area contributed by atoms with Crippen molar-refractivity contribution in [1.82, 2.24) is 4.90 Å². The Balaban J connectivity index is 1.53. The van der Waals surface area contributed by atoms with Gasteiger partial charge in [0, 0.05) is 25.6 Å². The van der Waals surface area contributed by atoms with E-state index in [-0.39, 0.29) is 18.0 Å². The van der Waals surface area contributed by atoms with Gasteiger partial charge >= 0.3 is 5.97 Å². The first-order valence-electron chi connectivity index (χ1n) is 10.4. The number of nitrogens with zero attached hydrogens (tertiary/aromatic N) is 1. The summed E-state index contributed by atoms with van der Waals surface area (Å²) in [5.41, 5.74) is 3.72. The molecule has 6 nitrogen and oxygen atoms in total. The topological polar surface area (TPSA) is 65.1 Å². The molecule has 6 heteroatoms. The predicted molar refractivity (Wildman–Crippen MR) is 120 cm³/mol. The third kappa shape index (κ3) is 4.30. The molecule has 3 aromatic rings. The monoisotopic (exact) mass is 431 g/mol. The van der Waals surface area contributed by atoms with Crippen LogP contribution in [0.2, 0.25) is 0 Å². The molecular weight excluding hydrogens is 406 g/mol. The second-order valence-electron chi connectivity index (χ2n) is 7.73. The predicted octanol–water partition coefficient (Wildman–Crippen LogP) is 4.43. The normalized spacial score (nSPS) is 14.8. The lowest BCUT2D eigenvalue weighted by Gasteiger charge is -2.26. The summed E-state index contributed by atoms with van der Waals surface area (Å²) in [6.07, 6.45) is 0.178. The van der Waals surface area contributed by atoms with Crippen LogP contribution in [0.1, 0.15) is 43.5 Å². The Morgan fingerprint density at radius 2 is 1.75 bits per heavy atom. The van der Waals surface area contributed by atoms with Gasteiger partial charge in [-0.2, -0.15) is 0 Å². The smallest absolute Gasteiger partial charge is 0.339 e. The van der Waals surface area contributed by atoms with Crippen molar-refractivity contribution < 1.29 is 23.8 Å². The molecular formula is C26H25NO5. The van der Waals surface area contributed by atoms with Crippen LogP contribution in [-0.2, 0) is 17.7 Å². The van der Waals surface area contributed by atoms with E-state index < -0.39 is 0 Å². The van der Waals surface area contributed by atoms with E-state index in [2.05, 4.69) is 0 Å². The van der Waals surface area contributed by atoms with Crippen molar-refractivity contribution in [3.05, 3.63) is 94.5 Å². The fourth-order valence-electron chi connectivity index (χ4n) is 3.93. The van der Waals surface area contributed by atoms with Gasteiger partial charge in [-0.25, -0.2) is 4.79 Å². The minimum atomic E-state index is -0.363. The molecule has 1 atom stereocenters. The molecule has 3 aromatic carbocycles.